The van der Waals surface area contributed by atoms with Gasteiger partial charge in [-0.15, -0.1) is 23.1 Å². The van der Waals surface area contributed by atoms with E-state index in [4.69, 9.17) is 10.6 Å². The van der Waals surface area contributed by atoms with E-state index in [9.17, 15) is 24.3 Å². The molecule has 2 aromatic rings. The van der Waals surface area contributed by atoms with Crippen molar-refractivity contribution in [1.29, 1.82) is 0 Å². The van der Waals surface area contributed by atoms with Crippen molar-refractivity contribution in [2.24, 2.45) is 12.2 Å². The summed E-state index contributed by atoms with van der Waals surface area (Å²) in [6, 6.07) is 2.67. The van der Waals surface area contributed by atoms with E-state index >= 15 is 0 Å². The van der Waals surface area contributed by atoms with E-state index in [1.807, 2.05) is 36.1 Å². The van der Waals surface area contributed by atoms with Crippen LogP contribution in [0.25, 0.3) is 0 Å². The van der Waals surface area contributed by atoms with Crippen molar-refractivity contribution in [3.05, 3.63) is 58.5 Å². The Kier molecular flexibility index (Phi) is 7.92. The van der Waals surface area contributed by atoms with Gasteiger partial charge in [0, 0.05) is 35.4 Å². The van der Waals surface area contributed by atoms with Crippen LogP contribution in [0.1, 0.15) is 37.8 Å². The number of rotatable bonds is 8. The van der Waals surface area contributed by atoms with Gasteiger partial charge < -0.3 is 30.7 Å². The molecule has 0 aromatic carbocycles. The molecule has 5 heterocycles. The lowest BCUT2D eigenvalue weighted by Crippen LogP contribution is -2.71. The van der Waals surface area contributed by atoms with Crippen molar-refractivity contribution < 1.29 is 33.7 Å². The summed E-state index contributed by atoms with van der Waals surface area (Å²) in [4.78, 5) is 64.5. The Hall–Kier alpha value is -4.24. The topological polar surface area (TPSA) is 174 Å². The highest BCUT2D eigenvalue weighted by molar-refractivity contribution is 8.00. The number of carboxylic acid groups (broad SMARTS) is 1. The van der Waals surface area contributed by atoms with Crippen LogP contribution in [0, 0.1) is 0 Å². The average Bonchev–Trinajstić information content (AvgIpc) is 3.75. The molecule has 0 unspecified atom stereocenters. The minimum Gasteiger partial charge on any atom is -0.543 e. The minimum atomic E-state index is -1.53. The number of aromatic nitrogens is 2. The number of aliphatic carboxylic acids is 1. The van der Waals surface area contributed by atoms with Crippen LogP contribution in [0.3, 0.4) is 0 Å². The lowest BCUT2D eigenvalue weighted by molar-refractivity contribution is -0.671. The van der Waals surface area contributed by atoms with Crippen molar-refractivity contribution in [3.63, 3.8) is 0 Å². The summed E-state index contributed by atoms with van der Waals surface area (Å²) in [5.74, 6) is -2.83. The molecule has 2 saturated heterocycles. The molecule has 13 nitrogen and oxygen atoms in total. The average molecular weight is 624 g/mol. The zero-order valence-corrected chi connectivity index (χ0v) is 24.9. The van der Waals surface area contributed by atoms with Gasteiger partial charge in [0.25, 0.3) is 17.7 Å². The number of carbonyl (C=O) groups excluding carboxylic acids is 4. The Labute approximate surface area is 255 Å². The molecule has 4 aliphatic rings. The smallest absolute Gasteiger partial charge is 0.276 e. The molecule has 0 bridgehead atoms. The number of carbonyl (C=O) groups is 4. The van der Waals surface area contributed by atoms with E-state index in [0.717, 1.165) is 47.6 Å². The highest BCUT2D eigenvalue weighted by Gasteiger charge is 2.53. The summed E-state index contributed by atoms with van der Waals surface area (Å²) >= 11 is 2.43. The van der Waals surface area contributed by atoms with Crippen LogP contribution in [0.4, 0.5) is 10.8 Å². The maximum absolute atomic E-state index is 13.3. The van der Waals surface area contributed by atoms with Crippen molar-refractivity contribution in [2.75, 3.05) is 22.9 Å². The SMILES string of the molecule is C[n+]1ccc(N2CC/C(=C\C3=C(C(=O)[O-])N4C(=O)[C@@H](NC(=O)/C(=N\OC5CCCC5)c5csc(N)n5)[C@H]4SC3)C2=O)cc1. The van der Waals surface area contributed by atoms with Crippen LogP contribution in [0.15, 0.2) is 58.0 Å². The number of nitrogens with one attached hydrogen (secondary N) is 1. The molecule has 3 N–H and O–H groups in total. The lowest BCUT2D eigenvalue weighted by atomic mass is 10.0. The van der Waals surface area contributed by atoms with Crippen LogP contribution in [-0.2, 0) is 31.1 Å². The second-order valence-corrected chi connectivity index (χ2v) is 12.6. The molecule has 1 aliphatic carbocycles. The predicted octanol–water partition coefficient (Wildman–Crippen LogP) is -0.0197. The minimum absolute atomic E-state index is 0.105. The third-order valence-electron chi connectivity index (χ3n) is 7.80. The summed E-state index contributed by atoms with van der Waals surface area (Å²) in [6.45, 7) is 0.456. The molecule has 3 amide bonds. The molecule has 0 radical (unpaired) electrons. The quantitative estimate of drug-likeness (QED) is 0.135. The fourth-order valence-corrected chi connectivity index (χ4v) is 7.41. The van der Waals surface area contributed by atoms with Crippen LogP contribution < -0.4 is 25.6 Å². The van der Waals surface area contributed by atoms with E-state index < -0.39 is 29.2 Å². The molecule has 43 heavy (non-hydrogen) atoms. The first-order chi connectivity index (χ1) is 20.7. The van der Waals surface area contributed by atoms with Gasteiger partial charge >= 0.3 is 0 Å². The molecule has 224 valence electrons. The van der Waals surface area contributed by atoms with Crippen molar-refractivity contribution in [1.82, 2.24) is 15.2 Å². The fraction of sp³-hybridized carbons (Fsp3) is 0.393. The van der Waals surface area contributed by atoms with Gasteiger partial charge in [-0.3, -0.25) is 19.3 Å². The summed E-state index contributed by atoms with van der Waals surface area (Å²) in [6.07, 6.45) is 9.25. The molecule has 1 saturated carbocycles. The number of β-lactam (4-membered cyclic amide) rings is 1. The van der Waals surface area contributed by atoms with E-state index in [1.54, 1.807) is 16.4 Å². The number of hydrogen-bond donors (Lipinski definition) is 2. The number of aryl methyl sites for hydroxylation is 1. The van der Waals surface area contributed by atoms with Crippen molar-refractivity contribution >= 4 is 63.3 Å². The number of thiazole rings is 1. The van der Waals surface area contributed by atoms with E-state index in [-0.39, 0.29) is 40.0 Å². The molecule has 0 spiro atoms. The first-order valence-electron chi connectivity index (χ1n) is 13.8. The zero-order valence-electron chi connectivity index (χ0n) is 23.2. The molecule has 3 fully saturated rings. The Morgan fingerprint density at radius 2 is 2.00 bits per heavy atom. The largest absolute Gasteiger partial charge is 0.543 e. The lowest BCUT2D eigenvalue weighted by Gasteiger charge is -2.50. The van der Waals surface area contributed by atoms with E-state index in [1.165, 1.54) is 11.8 Å². The fourth-order valence-electron chi connectivity index (χ4n) is 5.55. The molecular weight excluding hydrogens is 594 g/mol. The maximum atomic E-state index is 13.3. The number of oxime groups is 1. The Morgan fingerprint density at radius 3 is 2.67 bits per heavy atom. The molecular formula is C28H29N7O6S2. The van der Waals surface area contributed by atoms with Gasteiger partial charge in [-0.25, -0.2) is 9.55 Å². The number of allylic oxidation sites excluding steroid dienone is 1. The van der Waals surface area contributed by atoms with Gasteiger partial charge in [-0.05, 0) is 43.8 Å². The highest BCUT2D eigenvalue weighted by atomic mass is 32.2. The number of nitrogen functional groups attached to an aromatic ring is 1. The van der Waals surface area contributed by atoms with Gasteiger partial charge in [0.1, 0.15) is 30.3 Å². The zero-order chi connectivity index (χ0) is 30.2. The molecule has 2 atom stereocenters. The van der Waals surface area contributed by atoms with Gasteiger partial charge in [0.05, 0.1) is 17.4 Å². The number of pyridine rings is 1. The Morgan fingerprint density at radius 1 is 1.26 bits per heavy atom. The third-order valence-corrected chi connectivity index (χ3v) is 9.77. The van der Waals surface area contributed by atoms with Crippen LogP contribution in [0.5, 0.6) is 0 Å². The number of carboxylic acids is 1. The standard InChI is InChI=1S/C28H29N7O6S2/c1-33-9-7-17(8-10-33)34-11-6-15(24(34)37)12-16-13-42-26-21(25(38)35(26)22(16)27(39)40)31-23(36)20(19-14-43-28(29)30-19)32-41-18-4-2-3-5-18/h7-10,12,14,18,21,26H,2-6,11,13H2,1H3,(H3-,29,30,31,36,39,40)/b15-12+,32-20-/t21-,26-/m1/s1. The normalized spacial score (nSPS) is 23.6. The number of anilines is 2. The van der Waals surface area contributed by atoms with Crippen LogP contribution >= 0.6 is 23.1 Å². The number of nitrogens with zero attached hydrogens (tertiary/aromatic N) is 5. The summed E-state index contributed by atoms with van der Waals surface area (Å²) in [5.41, 5.74) is 7.10. The van der Waals surface area contributed by atoms with Crippen LogP contribution in [-0.4, -0.2) is 69.1 Å². The summed E-state index contributed by atoms with van der Waals surface area (Å²) in [5, 5.41) is 20.2. The Bertz CT molecular complexity index is 1580. The van der Waals surface area contributed by atoms with Crippen molar-refractivity contribution in [3.8, 4) is 0 Å². The summed E-state index contributed by atoms with van der Waals surface area (Å²) in [7, 11) is 1.88. The molecule has 2 aromatic heterocycles. The number of amides is 3. The second kappa shape index (κ2) is 11.8. The monoisotopic (exact) mass is 623 g/mol. The predicted molar refractivity (Wildman–Crippen MR) is 156 cm³/mol. The number of thioether (sulfide) groups is 1. The maximum Gasteiger partial charge on any atom is 0.276 e. The number of fused-ring (bicyclic) bond motifs is 1. The molecule has 6 rings (SSSR count). The van der Waals surface area contributed by atoms with Crippen molar-refractivity contribution in [2.45, 2.75) is 49.6 Å². The molecule has 3 aliphatic heterocycles. The Balaban J connectivity index is 1.19. The van der Waals surface area contributed by atoms with Gasteiger partial charge in [-0.1, -0.05) is 5.16 Å². The van der Waals surface area contributed by atoms with Gasteiger partial charge in [0.15, 0.2) is 23.2 Å². The van der Waals surface area contributed by atoms with E-state index in [0.29, 0.717) is 24.1 Å². The highest BCUT2D eigenvalue weighted by Crippen LogP contribution is 2.41. The van der Waals surface area contributed by atoms with E-state index in [2.05, 4.69) is 15.5 Å². The van der Waals surface area contributed by atoms with Gasteiger partial charge in [0.2, 0.25) is 0 Å². The first-order valence-corrected chi connectivity index (χ1v) is 15.8. The second-order valence-electron chi connectivity index (χ2n) is 10.6. The van der Waals surface area contributed by atoms with Gasteiger partial charge in [-0.2, -0.15) is 0 Å². The molecule has 15 heteroatoms. The van der Waals surface area contributed by atoms with Crippen LogP contribution in [0.2, 0.25) is 0 Å². The third kappa shape index (κ3) is 5.61. The number of hydrogen-bond acceptors (Lipinski definition) is 11. The number of nitrogens with two attached hydrogens (primary N) is 1. The first kappa shape index (κ1) is 28.9. The summed E-state index contributed by atoms with van der Waals surface area (Å²) < 4.78 is 1.86.